The van der Waals surface area contributed by atoms with E-state index < -0.39 is 0 Å². The van der Waals surface area contributed by atoms with Crippen LogP contribution in [0.2, 0.25) is 0 Å². The van der Waals surface area contributed by atoms with E-state index in [0.29, 0.717) is 23.3 Å². The van der Waals surface area contributed by atoms with Crippen LogP contribution in [0, 0.1) is 13.8 Å². The molecule has 2 aromatic carbocycles. The van der Waals surface area contributed by atoms with Gasteiger partial charge in [0, 0.05) is 0 Å². The zero-order valence-corrected chi connectivity index (χ0v) is 17.4. The topological polar surface area (TPSA) is 40.5 Å². The van der Waals surface area contributed by atoms with Crippen molar-refractivity contribution in [2.45, 2.75) is 89.9 Å². The highest BCUT2D eigenvalue weighted by Gasteiger charge is 2.23. The van der Waals surface area contributed by atoms with Crippen LogP contribution in [0.1, 0.15) is 98.3 Å². The molecule has 4 rings (SSSR count). The summed E-state index contributed by atoms with van der Waals surface area (Å²) >= 11 is 0. The highest BCUT2D eigenvalue weighted by Crippen LogP contribution is 2.44. The lowest BCUT2D eigenvalue weighted by atomic mass is 9.80. The van der Waals surface area contributed by atoms with Crippen molar-refractivity contribution in [3.05, 3.63) is 46.5 Å². The lowest BCUT2D eigenvalue weighted by Crippen LogP contribution is -2.06. The summed E-state index contributed by atoms with van der Waals surface area (Å²) in [5, 5.41) is 21.5. The minimum absolute atomic E-state index is 0.475. The Kier molecular flexibility index (Phi) is 5.66. The maximum absolute atomic E-state index is 10.7. The van der Waals surface area contributed by atoms with Gasteiger partial charge in [0.2, 0.25) is 0 Å². The molecule has 2 N–H and O–H groups in total. The van der Waals surface area contributed by atoms with Crippen LogP contribution in [-0.2, 0) is 0 Å². The van der Waals surface area contributed by atoms with E-state index >= 15 is 0 Å². The van der Waals surface area contributed by atoms with Crippen molar-refractivity contribution in [1.82, 2.24) is 0 Å². The van der Waals surface area contributed by atoms with Gasteiger partial charge >= 0.3 is 0 Å². The number of rotatable bonds is 3. The molecule has 28 heavy (non-hydrogen) atoms. The third-order valence-corrected chi connectivity index (χ3v) is 7.08. The van der Waals surface area contributed by atoms with Crippen molar-refractivity contribution in [3.8, 4) is 22.6 Å². The SMILES string of the molecule is Cc1cc(-c2cc(C)c(O)c(C3CCCCC3)c2)cc(C2CCCCC2)c1O. The maximum atomic E-state index is 10.7. The number of hydrogen-bond donors (Lipinski definition) is 2. The van der Waals surface area contributed by atoms with Gasteiger partial charge in [-0.05, 0) is 109 Å². The van der Waals surface area contributed by atoms with Crippen molar-refractivity contribution in [2.24, 2.45) is 0 Å². The first-order chi connectivity index (χ1) is 13.5. The average Bonchev–Trinajstić information content (AvgIpc) is 2.73. The first-order valence-electron chi connectivity index (χ1n) is 11.2. The molecule has 2 aromatic rings. The number of phenolic OH excluding ortho intramolecular Hbond substituents is 2. The van der Waals surface area contributed by atoms with Crippen LogP contribution in [0.4, 0.5) is 0 Å². The van der Waals surface area contributed by atoms with E-state index in [4.69, 9.17) is 0 Å². The van der Waals surface area contributed by atoms with Crippen LogP contribution in [-0.4, -0.2) is 10.2 Å². The first kappa shape index (κ1) is 19.4. The molecule has 150 valence electrons. The van der Waals surface area contributed by atoms with Crippen LogP contribution < -0.4 is 0 Å². The highest BCUT2D eigenvalue weighted by molar-refractivity contribution is 5.71. The van der Waals surface area contributed by atoms with Crippen LogP contribution in [0.15, 0.2) is 24.3 Å². The Bertz CT molecular complexity index is 768. The van der Waals surface area contributed by atoms with Gasteiger partial charge in [0.05, 0.1) is 0 Å². The van der Waals surface area contributed by atoms with Gasteiger partial charge in [-0.15, -0.1) is 0 Å². The summed E-state index contributed by atoms with van der Waals surface area (Å²) in [5.74, 6) is 1.92. The smallest absolute Gasteiger partial charge is 0.121 e. The first-order valence-corrected chi connectivity index (χ1v) is 11.2. The van der Waals surface area contributed by atoms with E-state index in [-0.39, 0.29) is 0 Å². The quantitative estimate of drug-likeness (QED) is 0.581. The molecule has 2 aliphatic carbocycles. The van der Waals surface area contributed by atoms with Crippen molar-refractivity contribution in [2.75, 3.05) is 0 Å². The molecule has 0 amide bonds. The molecule has 0 spiro atoms. The zero-order valence-electron chi connectivity index (χ0n) is 17.4. The molecule has 0 heterocycles. The summed E-state index contributed by atoms with van der Waals surface area (Å²) in [6.45, 7) is 4.03. The average molecular weight is 379 g/mol. The van der Waals surface area contributed by atoms with Crippen molar-refractivity contribution in [3.63, 3.8) is 0 Å². The van der Waals surface area contributed by atoms with Gasteiger partial charge in [0.1, 0.15) is 11.5 Å². The fourth-order valence-electron chi connectivity index (χ4n) is 5.40. The Morgan fingerprint density at radius 1 is 0.571 bits per heavy atom. The number of aryl methyl sites for hydroxylation is 2. The van der Waals surface area contributed by atoms with Gasteiger partial charge in [-0.1, -0.05) is 38.5 Å². The standard InChI is InChI=1S/C26H34O2/c1-17-13-21(15-23(25(17)27)19-9-5-3-6-10-19)22-14-18(2)26(28)24(16-22)20-11-7-4-8-12-20/h13-16,19-20,27-28H,3-12H2,1-2H3. The minimum atomic E-state index is 0.475. The van der Waals surface area contributed by atoms with Gasteiger partial charge in [-0.3, -0.25) is 0 Å². The van der Waals surface area contributed by atoms with Crippen molar-refractivity contribution in [1.29, 1.82) is 0 Å². The number of aromatic hydroxyl groups is 2. The van der Waals surface area contributed by atoms with Crippen LogP contribution in [0.3, 0.4) is 0 Å². The predicted octanol–water partition coefficient (Wildman–Crippen LogP) is 7.48. The monoisotopic (exact) mass is 378 g/mol. The molecule has 0 bridgehead atoms. The summed E-state index contributed by atoms with van der Waals surface area (Å²) in [7, 11) is 0. The van der Waals surface area contributed by atoms with Crippen LogP contribution >= 0.6 is 0 Å². The van der Waals surface area contributed by atoms with Crippen molar-refractivity contribution < 1.29 is 10.2 Å². The number of benzene rings is 2. The Balaban J connectivity index is 1.76. The second-order valence-corrected chi connectivity index (χ2v) is 9.13. The number of phenols is 2. The van der Waals surface area contributed by atoms with Gasteiger partial charge in [-0.2, -0.15) is 0 Å². The largest absolute Gasteiger partial charge is 0.507 e. The summed E-state index contributed by atoms with van der Waals surface area (Å²) in [4.78, 5) is 0. The normalized spacial score (nSPS) is 19.1. The highest BCUT2D eigenvalue weighted by atomic mass is 16.3. The second-order valence-electron chi connectivity index (χ2n) is 9.13. The fourth-order valence-corrected chi connectivity index (χ4v) is 5.40. The van der Waals surface area contributed by atoms with Crippen molar-refractivity contribution >= 4 is 0 Å². The maximum Gasteiger partial charge on any atom is 0.121 e. The van der Waals surface area contributed by atoms with Crippen LogP contribution in [0.25, 0.3) is 11.1 Å². The Hall–Kier alpha value is -1.96. The molecule has 2 saturated carbocycles. The molecular weight excluding hydrogens is 344 g/mol. The minimum Gasteiger partial charge on any atom is -0.507 e. The molecule has 0 atom stereocenters. The lowest BCUT2D eigenvalue weighted by Gasteiger charge is -2.25. The summed E-state index contributed by atoms with van der Waals surface area (Å²) in [5.41, 5.74) is 6.53. The van der Waals surface area contributed by atoms with E-state index in [9.17, 15) is 10.2 Å². The number of hydrogen-bond acceptors (Lipinski definition) is 2. The predicted molar refractivity (Wildman–Crippen MR) is 116 cm³/mol. The second kappa shape index (κ2) is 8.19. The van der Waals surface area contributed by atoms with Gasteiger partial charge < -0.3 is 10.2 Å². The molecule has 0 radical (unpaired) electrons. The van der Waals surface area contributed by atoms with E-state index in [1.54, 1.807) is 0 Å². The molecular formula is C26H34O2. The molecule has 0 saturated heterocycles. The Morgan fingerprint density at radius 3 is 1.29 bits per heavy atom. The van der Waals surface area contributed by atoms with Crippen LogP contribution in [0.5, 0.6) is 11.5 Å². The van der Waals surface area contributed by atoms with Gasteiger partial charge in [0.15, 0.2) is 0 Å². The molecule has 2 fully saturated rings. The third kappa shape index (κ3) is 3.79. The Labute approximate surface area is 169 Å². The lowest BCUT2D eigenvalue weighted by molar-refractivity contribution is 0.412. The van der Waals surface area contributed by atoms with E-state index in [1.807, 2.05) is 13.8 Å². The summed E-state index contributed by atoms with van der Waals surface area (Å²) in [6, 6.07) is 8.65. The van der Waals surface area contributed by atoms with E-state index in [0.717, 1.165) is 22.3 Å². The summed E-state index contributed by atoms with van der Waals surface area (Å²) < 4.78 is 0. The van der Waals surface area contributed by atoms with Gasteiger partial charge in [0.25, 0.3) is 0 Å². The molecule has 0 aromatic heterocycles. The molecule has 2 heteroatoms. The summed E-state index contributed by atoms with van der Waals surface area (Å²) in [6.07, 6.45) is 12.4. The zero-order chi connectivity index (χ0) is 19.7. The Morgan fingerprint density at radius 2 is 0.929 bits per heavy atom. The van der Waals surface area contributed by atoms with E-state index in [1.165, 1.54) is 75.3 Å². The molecule has 2 nitrogen and oxygen atoms in total. The van der Waals surface area contributed by atoms with E-state index in [2.05, 4.69) is 24.3 Å². The third-order valence-electron chi connectivity index (χ3n) is 7.08. The van der Waals surface area contributed by atoms with Gasteiger partial charge in [-0.25, -0.2) is 0 Å². The molecule has 2 aliphatic rings. The molecule has 0 aliphatic heterocycles. The fraction of sp³-hybridized carbons (Fsp3) is 0.538. The molecule has 0 unspecified atom stereocenters.